The molecule has 0 bridgehead atoms. The summed E-state index contributed by atoms with van der Waals surface area (Å²) in [6.45, 7) is 6.78. The largest absolute Gasteiger partial charge is 0.304 e. The van der Waals surface area contributed by atoms with Gasteiger partial charge in [-0.25, -0.2) is 0 Å². The Balaban J connectivity index is 3.92. The third kappa shape index (κ3) is 1.98. The molecule has 0 aromatic heterocycles. The number of hydrogen-bond acceptors (Lipinski definition) is 1. The first kappa shape index (κ1) is 8.96. The fraction of sp³-hybridized carbons (Fsp3) is 1.00. The molecule has 1 heteroatoms. The van der Waals surface area contributed by atoms with Gasteiger partial charge in [-0.05, 0) is 33.9 Å². The summed E-state index contributed by atoms with van der Waals surface area (Å²) >= 11 is 0. The Morgan fingerprint density at radius 1 is 1.11 bits per heavy atom. The normalized spacial score (nSPS) is 12.7. The van der Waals surface area contributed by atoms with Crippen molar-refractivity contribution in [3.05, 3.63) is 0 Å². The molecular formula is C8H19N. The van der Waals surface area contributed by atoms with Gasteiger partial charge in [-0.2, -0.15) is 0 Å². The van der Waals surface area contributed by atoms with Gasteiger partial charge in [0.05, 0.1) is 0 Å². The molecule has 0 aromatic rings. The van der Waals surface area contributed by atoms with Crippen LogP contribution in [0.3, 0.4) is 0 Å². The summed E-state index contributed by atoms with van der Waals surface area (Å²) < 4.78 is 0. The maximum Gasteiger partial charge on any atom is 0.0170 e. The highest BCUT2D eigenvalue weighted by atomic mass is 15.1. The molecule has 0 amide bonds. The Labute approximate surface area is 59.1 Å². The summed E-state index contributed by atoms with van der Waals surface area (Å²) in [7, 11) is 4.29. The van der Waals surface area contributed by atoms with Crippen LogP contribution in [0.25, 0.3) is 0 Å². The van der Waals surface area contributed by atoms with E-state index in [9.17, 15) is 0 Å². The van der Waals surface area contributed by atoms with Gasteiger partial charge in [0.2, 0.25) is 0 Å². The van der Waals surface area contributed by atoms with E-state index in [2.05, 4.69) is 39.8 Å². The Kier molecular flexibility index (Phi) is 3.20. The second-order valence-electron chi connectivity index (χ2n) is 3.10. The standard InChI is InChI=1S/C8H19N/c1-6-8(3,7-2)9(4)5/h6-7H2,1-5H3. The third-order valence-corrected chi connectivity index (χ3v) is 2.60. The van der Waals surface area contributed by atoms with Crippen molar-refractivity contribution in [2.24, 2.45) is 0 Å². The van der Waals surface area contributed by atoms with Crippen LogP contribution in [0, 0.1) is 0 Å². The number of hydrogen-bond donors (Lipinski definition) is 0. The molecule has 9 heavy (non-hydrogen) atoms. The maximum absolute atomic E-state index is 2.30. The van der Waals surface area contributed by atoms with Crippen molar-refractivity contribution in [1.82, 2.24) is 4.90 Å². The molecule has 0 heterocycles. The molecule has 0 aliphatic rings. The zero-order chi connectivity index (χ0) is 7.49. The van der Waals surface area contributed by atoms with Gasteiger partial charge in [-0.15, -0.1) is 0 Å². The minimum Gasteiger partial charge on any atom is -0.304 e. The van der Waals surface area contributed by atoms with Gasteiger partial charge in [0.1, 0.15) is 0 Å². The number of nitrogens with zero attached hydrogens (tertiary/aromatic N) is 1. The topological polar surface area (TPSA) is 3.24 Å². The summed E-state index contributed by atoms with van der Waals surface area (Å²) in [4.78, 5) is 2.30. The molecule has 0 rings (SSSR count). The molecule has 0 saturated carbocycles. The minimum absolute atomic E-state index is 0.417. The summed E-state index contributed by atoms with van der Waals surface area (Å²) in [5.41, 5.74) is 0.417. The molecule has 0 aromatic carbocycles. The predicted molar refractivity (Wildman–Crippen MR) is 42.7 cm³/mol. The molecule has 0 aliphatic heterocycles. The summed E-state index contributed by atoms with van der Waals surface area (Å²) in [6.07, 6.45) is 2.47. The van der Waals surface area contributed by atoms with Crippen LogP contribution in [0.4, 0.5) is 0 Å². The first-order chi connectivity index (χ1) is 4.06. The lowest BCUT2D eigenvalue weighted by Crippen LogP contribution is -2.39. The van der Waals surface area contributed by atoms with Crippen LogP contribution >= 0.6 is 0 Å². The summed E-state index contributed by atoms with van der Waals surface area (Å²) in [6, 6.07) is 0. The van der Waals surface area contributed by atoms with E-state index in [-0.39, 0.29) is 0 Å². The Bertz CT molecular complexity index is 72.6. The maximum atomic E-state index is 2.30. The van der Waals surface area contributed by atoms with Crippen LogP contribution in [0.1, 0.15) is 33.6 Å². The molecule has 0 unspecified atom stereocenters. The van der Waals surface area contributed by atoms with Gasteiger partial charge < -0.3 is 4.90 Å². The predicted octanol–water partition coefficient (Wildman–Crippen LogP) is 2.13. The van der Waals surface area contributed by atoms with Crippen molar-refractivity contribution in [3.8, 4) is 0 Å². The van der Waals surface area contributed by atoms with E-state index in [0.29, 0.717) is 5.54 Å². The lowest BCUT2D eigenvalue weighted by Gasteiger charge is -2.34. The average Bonchev–Trinajstić information content (AvgIpc) is 1.86. The van der Waals surface area contributed by atoms with Crippen molar-refractivity contribution < 1.29 is 0 Å². The molecule has 0 spiro atoms. The van der Waals surface area contributed by atoms with Crippen molar-refractivity contribution in [2.45, 2.75) is 39.2 Å². The quantitative estimate of drug-likeness (QED) is 0.564. The van der Waals surface area contributed by atoms with Crippen LogP contribution in [0.5, 0.6) is 0 Å². The zero-order valence-electron chi connectivity index (χ0n) is 7.36. The van der Waals surface area contributed by atoms with Gasteiger partial charge in [0, 0.05) is 5.54 Å². The smallest absolute Gasteiger partial charge is 0.0170 e. The van der Waals surface area contributed by atoms with E-state index in [1.54, 1.807) is 0 Å². The average molecular weight is 129 g/mol. The van der Waals surface area contributed by atoms with Crippen molar-refractivity contribution in [2.75, 3.05) is 14.1 Å². The Morgan fingerprint density at radius 2 is 1.44 bits per heavy atom. The summed E-state index contributed by atoms with van der Waals surface area (Å²) in [5, 5.41) is 0. The van der Waals surface area contributed by atoms with E-state index in [4.69, 9.17) is 0 Å². The van der Waals surface area contributed by atoms with Crippen LogP contribution in [-0.2, 0) is 0 Å². The molecule has 56 valence electrons. The van der Waals surface area contributed by atoms with Crippen LogP contribution in [0.15, 0.2) is 0 Å². The first-order valence-electron chi connectivity index (χ1n) is 3.74. The van der Waals surface area contributed by atoms with Gasteiger partial charge >= 0.3 is 0 Å². The number of rotatable bonds is 3. The van der Waals surface area contributed by atoms with Crippen molar-refractivity contribution in [1.29, 1.82) is 0 Å². The highest BCUT2D eigenvalue weighted by Crippen LogP contribution is 2.19. The van der Waals surface area contributed by atoms with E-state index >= 15 is 0 Å². The fourth-order valence-corrected chi connectivity index (χ4v) is 0.882. The fourth-order valence-electron chi connectivity index (χ4n) is 0.882. The minimum atomic E-state index is 0.417. The van der Waals surface area contributed by atoms with E-state index in [1.807, 2.05) is 0 Å². The second-order valence-corrected chi connectivity index (χ2v) is 3.10. The van der Waals surface area contributed by atoms with Gasteiger partial charge in [-0.3, -0.25) is 0 Å². The molecule has 0 atom stereocenters. The van der Waals surface area contributed by atoms with E-state index < -0.39 is 0 Å². The molecule has 0 saturated heterocycles. The van der Waals surface area contributed by atoms with Gasteiger partial charge in [-0.1, -0.05) is 13.8 Å². The SMILES string of the molecule is CCC(C)(CC)N(C)C. The third-order valence-electron chi connectivity index (χ3n) is 2.60. The highest BCUT2D eigenvalue weighted by molar-refractivity contribution is 4.78. The van der Waals surface area contributed by atoms with Gasteiger partial charge in [0.15, 0.2) is 0 Å². The molecule has 0 aliphatic carbocycles. The van der Waals surface area contributed by atoms with Crippen molar-refractivity contribution in [3.63, 3.8) is 0 Å². The molecule has 1 nitrogen and oxygen atoms in total. The van der Waals surface area contributed by atoms with Crippen LogP contribution in [-0.4, -0.2) is 24.5 Å². The van der Waals surface area contributed by atoms with Crippen molar-refractivity contribution >= 4 is 0 Å². The molecule has 0 N–H and O–H groups in total. The lowest BCUT2D eigenvalue weighted by atomic mass is 9.94. The molecule has 0 radical (unpaired) electrons. The highest BCUT2D eigenvalue weighted by Gasteiger charge is 2.20. The Hall–Kier alpha value is -0.0400. The monoisotopic (exact) mass is 129 g/mol. The van der Waals surface area contributed by atoms with E-state index in [0.717, 1.165) is 0 Å². The second kappa shape index (κ2) is 3.21. The van der Waals surface area contributed by atoms with Crippen LogP contribution in [0.2, 0.25) is 0 Å². The molecule has 0 fully saturated rings. The molecular weight excluding hydrogens is 110 g/mol. The Morgan fingerprint density at radius 3 is 1.44 bits per heavy atom. The summed E-state index contributed by atoms with van der Waals surface area (Å²) in [5.74, 6) is 0. The van der Waals surface area contributed by atoms with Gasteiger partial charge in [0.25, 0.3) is 0 Å². The van der Waals surface area contributed by atoms with Crippen LogP contribution < -0.4 is 0 Å². The lowest BCUT2D eigenvalue weighted by molar-refractivity contribution is 0.161. The first-order valence-corrected chi connectivity index (χ1v) is 3.74. The van der Waals surface area contributed by atoms with E-state index in [1.165, 1.54) is 12.8 Å². The zero-order valence-corrected chi connectivity index (χ0v) is 7.36.